The minimum Gasteiger partial charge on any atom is -0.370 e. The average molecular weight is 309 g/mol. The normalized spacial score (nSPS) is 10.2. The van der Waals surface area contributed by atoms with Gasteiger partial charge in [0.2, 0.25) is 0 Å². The molecule has 0 unspecified atom stereocenters. The molecule has 118 valence electrons. The van der Waals surface area contributed by atoms with Crippen molar-refractivity contribution in [2.75, 3.05) is 17.2 Å². The van der Waals surface area contributed by atoms with Gasteiger partial charge < -0.3 is 10.6 Å². The van der Waals surface area contributed by atoms with Crippen LogP contribution in [0.3, 0.4) is 0 Å². The van der Waals surface area contributed by atoms with Crippen molar-refractivity contribution in [3.05, 3.63) is 47.9 Å². The maximum Gasteiger partial charge on any atom is 0.274 e. The Bertz CT molecular complexity index is 721. The van der Waals surface area contributed by atoms with Crippen molar-refractivity contribution in [2.45, 2.75) is 20.3 Å². The van der Waals surface area contributed by atoms with E-state index in [9.17, 15) is 4.79 Å². The van der Waals surface area contributed by atoms with Gasteiger partial charge in [0.25, 0.3) is 5.91 Å². The number of aromatic nitrogens is 2. The van der Waals surface area contributed by atoms with Gasteiger partial charge in [0.15, 0.2) is 0 Å². The highest BCUT2D eigenvalue weighted by Gasteiger charge is 2.09. The number of carbonyl (C=O) groups is 1. The van der Waals surface area contributed by atoms with Crippen molar-refractivity contribution in [2.24, 2.45) is 5.92 Å². The first-order valence-electron chi connectivity index (χ1n) is 7.46. The first kappa shape index (κ1) is 16.4. The number of hydrogen-bond acceptors (Lipinski definition) is 5. The molecule has 0 aliphatic carbocycles. The Balaban J connectivity index is 2.03. The van der Waals surface area contributed by atoms with Gasteiger partial charge in [0.1, 0.15) is 17.8 Å². The van der Waals surface area contributed by atoms with E-state index in [0.29, 0.717) is 23.0 Å². The molecule has 0 radical (unpaired) electrons. The molecular formula is C17H19N5O. The fraction of sp³-hybridized carbons (Fsp3) is 0.294. The van der Waals surface area contributed by atoms with Crippen LogP contribution < -0.4 is 10.6 Å². The fourth-order valence-corrected chi connectivity index (χ4v) is 1.93. The van der Waals surface area contributed by atoms with Crippen LogP contribution in [0.4, 0.5) is 11.5 Å². The second kappa shape index (κ2) is 7.90. The predicted molar refractivity (Wildman–Crippen MR) is 89.1 cm³/mol. The topological polar surface area (TPSA) is 90.7 Å². The molecule has 0 aliphatic heterocycles. The number of hydrogen-bond donors (Lipinski definition) is 2. The van der Waals surface area contributed by atoms with Gasteiger partial charge in [-0.25, -0.2) is 9.97 Å². The highest BCUT2D eigenvalue weighted by Crippen LogP contribution is 2.12. The number of nitriles is 1. The van der Waals surface area contributed by atoms with Gasteiger partial charge in [-0.3, -0.25) is 4.79 Å². The standard InChI is InChI=1S/C17H19N5O/c1-12(2)6-7-19-16-9-15(20-11-21-16)17(23)22-14-5-3-4-13(8-14)10-18/h3-5,8-9,11-12H,6-7H2,1-2H3,(H,22,23)(H,19,20,21). The minimum atomic E-state index is -0.339. The third kappa shape index (κ3) is 5.08. The number of nitrogens with zero attached hydrogens (tertiary/aromatic N) is 3. The average Bonchev–Trinajstić information content (AvgIpc) is 2.55. The van der Waals surface area contributed by atoms with Gasteiger partial charge in [-0.05, 0) is 30.5 Å². The molecule has 1 aromatic carbocycles. The minimum absolute atomic E-state index is 0.273. The van der Waals surface area contributed by atoms with Gasteiger partial charge >= 0.3 is 0 Å². The molecule has 1 amide bonds. The lowest BCUT2D eigenvalue weighted by atomic mass is 10.1. The van der Waals surface area contributed by atoms with Crippen LogP contribution in [-0.2, 0) is 0 Å². The molecular weight excluding hydrogens is 290 g/mol. The first-order valence-corrected chi connectivity index (χ1v) is 7.46. The summed E-state index contributed by atoms with van der Waals surface area (Å²) in [6, 6.07) is 10.4. The summed E-state index contributed by atoms with van der Waals surface area (Å²) in [5, 5.41) is 14.8. The maximum absolute atomic E-state index is 12.2. The lowest BCUT2D eigenvalue weighted by molar-refractivity contribution is 0.102. The van der Waals surface area contributed by atoms with E-state index in [-0.39, 0.29) is 11.6 Å². The van der Waals surface area contributed by atoms with Crippen molar-refractivity contribution in [1.82, 2.24) is 9.97 Å². The second-order valence-electron chi connectivity index (χ2n) is 5.54. The monoisotopic (exact) mass is 309 g/mol. The van der Waals surface area contributed by atoms with Gasteiger partial charge in [-0.15, -0.1) is 0 Å². The lowest BCUT2D eigenvalue weighted by Gasteiger charge is -2.09. The summed E-state index contributed by atoms with van der Waals surface area (Å²) in [7, 11) is 0. The van der Waals surface area contributed by atoms with Gasteiger partial charge in [-0.1, -0.05) is 19.9 Å². The molecule has 2 rings (SSSR count). The summed E-state index contributed by atoms with van der Waals surface area (Å²) in [4.78, 5) is 20.3. The Labute approximate surface area is 135 Å². The lowest BCUT2D eigenvalue weighted by Crippen LogP contribution is -2.15. The summed E-state index contributed by atoms with van der Waals surface area (Å²) in [6.07, 6.45) is 2.38. The van der Waals surface area contributed by atoms with Crippen molar-refractivity contribution in [3.8, 4) is 6.07 Å². The molecule has 1 heterocycles. The molecule has 6 heteroatoms. The van der Waals surface area contributed by atoms with E-state index in [4.69, 9.17) is 5.26 Å². The van der Waals surface area contributed by atoms with E-state index in [1.165, 1.54) is 6.33 Å². The number of benzene rings is 1. The third-order valence-electron chi connectivity index (χ3n) is 3.18. The van der Waals surface area contributed by atoms with Crippen LogP contribution in [0.25, 0.3) is 0 Å². The summed E-state index contributed by atoms with van der Waals surface area (Å²) in [6.45, 7) is 5.09. The van der Waals surface area contributed by atoms with E-state index < -0.39 is 0 Å². The van der Waals surface area contributed by atoms with Crippen LogP contribution in [0.15, 0.2) is 36.7 Å². The zero-order chi connectivity index (χ0) is 16.7. The molecule has 0 bridgehead atoms. The first-order chi connectivity index (χ1) is 11.1. The molecule has 1 aromatic heterocycles. The van der Waals surface area contributed by atoms with Crippen LogP contribution in [0.2, 0.25) is 0 Å². The van der Waals surface area contributed by atoms with Crippen molar-refractivity contribution in [3.63, 3.8) is 0 Å². The Kier molecular flexibility index (Phi) is 5.64. The molecule has 0 saturated heterocycles. The predicted octanol–water partition coefficient (Wildman–Crippen LogP) is 3.06. The summed E-state index contributed by atoms with van der Waals surface area (Å²) in [5.74, 6) is 0.880. The SMILES string of the molecule is CC(C)CCNc1cc(C(=O)Nc2cccc(C#N)c2)ncn1. The number of nitrogens with one attached hydrogen (secondary N) is 2. The molecule has 0 aliphatic rings. The van der Waals surface area contributed by atoms with E-state index in [0.717, 1.165) is 13.0 Å². The molecule has 2 N–H and O–H groups in total. The van der Waals surface area contributed by atoms with Crippen LogP contribution in [0, 0.1) is 17.2 Å². The zero-order valence-electron chi connectivity index (χ0n) is 13.2. The van der Waals surface area contributed by atoms with Gasteiger partial charge in [-0.2, -0.15) is 5.26 Å². The zero-order valence-corrected chi connectivity index (χ0v) is 13.2. The second-order valence-corrected chi connectivity index (χ2v) is 5.54. The summed E-state index contributed by atoms with van der Waals surface area (Å²) in [5.41, 5.74) is 1.32. The molecule has 0 fully saturated rings. The molecule has 0 spiro atoms. The van der Waals surface area contributed by atoms with Crippen molar-refractivity contribution in [1.29, 1.82) is 5.26 Å². The highest BCUT2D eigenvalue weighted by atomic mass is 16.1. The molecule has 2 aromatic rings. The smallest absolute Gasteiger partial charge is 0.274 e. The van der Waals surface area contributed by atoms with E-state index in [1.54, 1.807) is 30.3 Å². The number of anilines is 2. The third-order valence-corrected chi connectivity index (χ3v) is 3.18. The Morgan fingerprint density at radius 3 is 2.87 bits per heavy atom. The highest BCUT2D eigenvalue weighted by molar-refractivity contribution is 6.03. The largest absolute Gasteiger partial charge is 0.370 e. The quantitative estimate of drug-likeness (QED) is 0.855. The number of rotatable bonds is 6. The van der Waals surface area contributed by atoms with Crippen LogP contribution >= 0.6 is 0 Å². The van der Waals surface area contributed by atoms with E-state index in [1.807, 2.05) is 6.07 Å². The van der Waals surface area contributed by atoms with E-state index in [2.05, 4.69) is 34.4 Å². The van der Waals surface area contributed by atoms with Gasteiger partial charge in [0, 0.05) is 18.3 Å². The van der Waals surface area contributed by atoms with Crippen LogP contribution in [0.1, 0.15) is 36.3 Å². The van der Waals surface area contributed by atoms with Gasteiger partial charge in [0.05, 0.1) is 11.6 Å². The number of carbonyl (C=O) groups excluding carboxylic acids is 1. The number of amides is 1. The van der Waals surface area contributed by atoms with E-state index >= 15 is 0 Å². The molecule has 0 atom stereocenters. The Hall–Kier alpha value is -2.94. The Morgan fingerprint density at radius 2 is 2.13 bits per heavy atom. The summed E-state index contributed by atoms with van der Waals surface area (Å²) < 4.78 is 0. The molecule has 6 nitrogen and oxygen atoms in total. The van der Waals surface area contributed by atoms with Crippen LogP contribution in [-0.4, -0.2) is 22.4 Å². The van der Waals surface area contributed by atoms with Crippen molar-refractivity contribution < 1.29 is 4.79 Å². The van der Waals surface area contributed by atoms with Crippen LogP contribution in [0.5, 0.6) is 0 Å². The molecule has 0 saturated carbocycles. The maximum atomic E-state index is 12.2. The van der Waals surface area contributed by atoms with Crippen molar-refractivity contribution >= 4 is 17.4 Å². The fourth-order valence-electron chi connectivity index (χ4n) is 1.93. The summed E-state index contributed by atoms with van der Waals surface area (Å²) >= 11 is 0. The molecule has 23 heavy (non-hydrogen) atoms. The Morgan fingerprint density at radius 1 is 1.30 bits per heavy atom.